The summed E-state index contributed by atoms with van der Waals surface area (Å²) >= 11 is 1.20. The summed E-state index contributed by atoms with van der Waals surface area (Å²) in [5.41, 5.74) is 1.05. The van der Waals surface area contributed by atoms with Gasteiger partial charge in [0.1, 0.15) is 4.88 Å². The van der Waals surface area contributed by atoms with Crippen molar-refractivity contribution >= 4 is 28.9 Å². The molecule has 0 saturated heterocycles. The van der Waals surface area contributed by atoms with Crippen molar-refractivity contribution < 1.29 is 28.5 Å². The Labute approximate surface area is 149 Å². The second-order valence-corrected chi connectivity index (χ2v) is 5.79. The van der Waals surface area contributed by atoms with Gasteiger partial charge in [-0.1, -0.05) is 6.07 Å². The van der Waals surface area contributed by atoms with Crippen molar-refractivity contribution in [2.75, 3.05) is 33.8 Å². The monoisotopic (exact) mass is 365 g/mol. The average molecular weight is 365 g/mol. The number of benzene rings is 1. The molecule has 0 fully saturated rings. The van der Waals surface area contributed by atoms with Crippen molar-refractivity contribution in [3.63, 3.8) is 0 Å². The van der Waals surface area contributed by atoms with E-state index >= 15 is 0 Å². The van der Waals surface area contributed by atoms with E-state index in [2.05, 4.69) is 5.32 Å². The van der Waals surface area contributed by atoms with Crippen molar-refractivity contribution in [1.82, 2.24) is 0 Å². The van der Waals surface area contributed by atoms with E-state index in [-0.39, 0.29) is 12.3 Å². The predicted octanol–water partition coefficient (Wildman–Crippen LogP) is 2.74. The van der Waals surface area contributed by atoms with Crippen molar-refractivity contribution in [1.29, 1.82) is 0 Å². The fourth-order valence-corrected chi connectivity index (χ4v) is 3.09. The van der Waals surface area contributed by atoms with Gasteiger partial charge in [-0.3, -0.25) is 4.79 Å². The summed E-state index contributed by atoms with van der Waals surface area (Å²) in [6.45, 7) is 0. The zero-order chi connectivity index (χ0) is 18.4. The standard InChI is InChI=1S/C17H19NO6S/c1-21-12-6-5-10(14(22-2)15(12)23-3)9-13(19)18-11-7-8-25-16(11)17(20)24-4/h5-8H,9H2,1-4H3,(H,18,19). The van der Waals surface area contributed by atoms with E-state index in [0.29, 0.717) is 33.4 Å². The maximum atomic E-state index is 12.4. The van der Waals surface area contributed by atoms with Crippen LogP contribution < -0.4 is 19.5 Å². The van der Waals surface area contributed by atoms with E-state index in [4.69, 9.17) is 18.9 Å². The van der Waals surface area contributed by atoms with Gasteiger partial charge < -0.3 is 24.3 Å². The number of thiophene rings is 1. The van der Waals surface area contributed by atoms with Gasteiger partial charge in [0.25, 0.3) is 0 Å². The number of esters is 1. The summed E-state index contributed by atoms with van der Waals surface area (Å²) in [7, 11) is 5.81. The highest BCUT2D eigenvalue weighted by Gasteiger charge is 2.20. The summed E-state index contributed by atoms with van der Waals surface area (Å²) in [4.78, 5) is 24.4. The smallest absolute Gasteiger partial charge is 0.350 e. The molecule has 1 aromatic heterocycles. The number of rotatable bonds is 7. The average Bonchev–Trinajstić information content (AvgIpc) is 3.08. The van der Waals surface area contributed by atoms with Crippen molar-refractivity contribution in [2.45, 2.75) is 6.42 Å². The van der Waals surface area contributed by atoms with Crippen LogP contribution in [0.1, 0.15) is 15.2 Å². The first-order valence-corrected chi connectivity index (χ1v) is 8.17. The summed E-state index contributed by atoms with van der Waals surface area (Å²) < 4.78 is 20.6. The van der Waals surface area contributed by atoms with Crippen LogP contribution in [0.2, 0.25) is 0 Å². The Hall–Kier alpha value is -2.74. The molecule has 25 heavy (non-hydrogen) atoms. The Morgan fingerprint density at radius 1 is 1.00 bits per heavy atom. The lowest BCUT2D eigenvalue weighted by Gasteiger charge is -2.15. The lowest BCUT2D eigenvalue weighted by Crippen LogP contribution is -2.16. The molecule has 8 heteroatoms. The first-order valence-electron chi connectivity index (χ1n) is 7.29. The van der Waals surface area contributed by atoms with Crippen LogP contribution in [0.5, 0.6) is 17.2 Å². The van der Waals surface area contributed by atoms with Gasteiger partial charge in [-0.15, -0.1) is 11.3 Å². The zero-order valence-corrected chi connectivity index (χ0v) is 15.2. The SMILES string of the molecule is COC(=O)c1sccc1NC(=O)Cc1ccc(OC)c(OC)c1OC. The fourth-order valence-electron chi connectivity index (χ4n) is 2.33. The molecule has 1 aromatic carbocycles. The van der Waals surface area contributed by atoms with E-state index in [1.807, 2.05) is 0 Å². The number of ether oxygens (including phenoxy) is 4. The Bertz CT molecular complexity index is 770. The predicted molar refractivity (Wildman–Crippen MR) is 94.1 cm³/mol. The molecule has 0 spiro atoms. The molecule has 0 radical (unpaired) electrons. The second kappa shape index (κ2) is 8.39. The van der Waals surface area contributed by atoms with E-state index in [1.165, 1.54) is 39.8 Å². The van der Waals surface area contributed by atoms with Crippen LogP contribution in [-0.4, -0.2) is 40.3 Å². The molecule has 0 atom stereocenters. The third-order valence-electron chi connectivity index (χ3n) is 3.45. The molecular weight excluding hydrogens is 346 g/mol. The number of carbonyl (C=O) groups is 2. The normalized spacial score (nSPS) is 10.1. The second-order valence-electron chi connectivity index (χ2n) is 4.87. The fraction of sp³-hybridized carbons (Fsp3) is 0.294. The lowest BCUT2D eigenvalue weighted by atomic mass is 10.1. The molecule has 134 valence electrons. The minimum absolute atomic E-state index is 0.0417. The number of hydrogen-bond acceptors (Lipinski definition) is 7. The van der Waals surface area contributed by atoms with Gasteiger partial charge in [0, 0.05) is 5.56 Å². The van der Waals surface area contributed by atoms with Crippen molar-refractivity contribution in [2.24, 2.45) is 0 Å². The van der Waals surface area contributed by atoms with Gasteiger partial charge in [-0.05, 0) is 17.5 Å². The Morgan fingerprint density at radius 3 is 2.32 bits per heavy atom. The third-order valence-corrected chi connectivity index (χ3v) is 4.34. The number of carbonyl (C=O) groups excluding carboxylic acids is 2. The largest absolute Gasteiger partial charge is 0.493 e. The summed E-state index contributed by atoms with van der Waals surface area (Å²) in [5.74, 6) is 0.564. The van der Waals surface area contributed by atoms with Crippen LogP contribution in [0.15, 0.2) is 23.6 Å². The number of hydrogen-bond donors (Lipinski definition) is 1. The van der Waals surface area contributed by atoms with Gasteiger partial charge in [0.05, 0.1) is 40.5 Å². The van der Waals surface area contributed by atoms with Crippen molar-refractivity contribution in [3.8, 4) is 17.2 Å². The van der Waals surface area contributed by atoms with Crippen LogP contribution in [0.3, 0.4) is 0 Å². The molecule has 0 aliphatic carbocycles. The van der Waals surface area contributed by atoms with Gasteiger partial charge in [-0.25, -0.2) is 4.79 Å². The van der Waals surface area contributed by atoms with Crippen LogP contribution in [-0.2, 0) is 16.0 Å². The highest BCUT2D eigenvalue weighted by atomic mass is 32.1. The number of nitrogens with one attached hydrogen (secondary N) is 1. The molecular formula is C17H19NO6S. The molecule has 0 aliphatic rings. The summed E-state index contributed by atoms with van der Waals surface area (Å²) in [5, 5.41) is 4.42. The molecule has 2 aromatic rings. The van der Waals surface area contributed by atoms with Gasteiger partial charge in [0.2, 0.25) is 11.7 Å². The first kappa shape index (κ1) is 18.6. The molecule has 7 nitrogen and oxygen atoms in total. The molecule has 1 heterocycles. The summed E-state index contributed by atoms with van der Waals surface area (Å²) in [6.07, 6.45) is 0.0417. The molecule has 1 amide bonds. The minimum atomic E-state index is -0.492. The number of methoxy groups -OCH3 is 4. The number of amides is 1. The molecule has 0 unspecified atom stereocenters. The molecule has 1 N–H and O–H groups in total. The van der Waals surface area contributed by atoms with Crippen LogP contribution in [0, 0.1) is 0 Å². The minimum Gasteiger partial charge on any atom is -0.493 e. The third kappa shape index (κ3) is 4.03. The maximum absolute atomic E-state index is 12.4. The van der Waals surface area contributed by atoms with Gasteiger partial charge in [0.15, 0.2) is 11.5 Å². The van der Waals surface area contributed by atoms with Gasteiger partial charge >= 0.3 is 5.97 Å². The maximum Gasteiger partial charge on any atom is 0.350 e. The highest BCUT2D eigenvalue weighted by Crippen LogP contribution is 2.40. The number of anilines is 1. The molecule has 0 saturated carbocycles. The Kier molecular flexibility index (Phi) is 6.24. The Morgan fingerprint density at radius 2 is 1.72 bits per heavy atom. The van der Waals surface area contributed by atoms with E-state index in [9.17, 15) is 9.59 Å². The lowest BCUT2D eigenvalue weighted by molar-refractivity contribution is -0.115. The van der Waals surface area contributed by atoms with Gasteiger partial charge in [-0.2, -0.15) is 0 Å². The van der Waals surface area contributed by atoms with Crippen LogP contribution in [0.4, 0.5) is 5.69 Å². The van der Waals surface area contributed by atoms with Crippen LogP contribution in [0.25, 0.3) is 0 Å². The zero-order valence-electron chi connectivity index (χ0n) is 14.4. The topological polar surface area (TPSA) is 83.1 Å². The highest BCUT2D eigenvalue weighted by molar-refractivity contribution is 7.12. The first-order chi connectivity index (χ1) is 12.0. The van der Waals surface area contributed by atoms with E-state index in [1.54, 1.807) is 23.6 Å². The van der Waals surface area contributed by atoms with E-state index in [0.717, 1.165) is 0 Å². The molecule has 0 aliphatic heterocycles. The van der Waals surface area contributed by atoms with E-state index < -0.39 is 5.97 Å². The summed E-state index contributed by atoms with van der Waals surface area (Å²) in [6, 6.07) is 5.09. The Balaban J connectivity index is 2.21. The molecule has 2 rings (SSSR count). The van der Waals surface area contributed by atoms with Crippen molar-refractivity contribution in [3.05, 3.63) is 34.0 Å². The quantitative estimate of drug-likeness (QED) is 0.760. The molecule has 0 bridgehead atoms. The van der Waals surface area contributed by atoms with Crippen LogP contribution >= 0.6 is 11.3 Å².